The average molecular weight is 945 g/mol. The fourth-order valence-corrected chi connectivity index (χ4v) is 11.3. The largest absolute Gasteiger partial charge is 0.456 e. The Morgan fingerprint density at radius 3 is 0.973 bits per heavy atom. The van der Waals surface area contributed by atoms with Crippen LogP contribution in [0.4, 0.5) is 34.1 Å². The maximum Gasteiger partial charge on any atom is 0.139 e. The summed E-state index contributed by atoms with van der Waals surface area (Å²) in [4.78, 5) is 4.76. The second-order valence-electron chi connectivity index (χ2n) is 19.3. The first-order chi connectivity index (χ1) is 36.6. The zero-order chi connectivity index (χ0) is 48.7. The van der Waals surface area contributed by atoms with E-state index < -0.39 is 0 Å². The first-order valence-electron chi connectivity index (χ1n) is 25.2. The summed E-state index contributed by atoms with van der Waals surface area (Å²) in [5.74, 6) is 0. The van der Waals surface area contributed by atoms with Gasteiger partial charge in [0.25, 0.3) is 0 Å². The van der Waals surface area contributed by atoms with Crippen molar-refractivity contribution >= 4 is 121 Å². The van der Waals surface area contributed by atoms with E-state index in [0.29, 0.717) is 0 Å². The summed E-state index contributed by atoms with van der Waals surface area (Å²) in [7, 11) is 0. The van der Waals surface area contributed by atoms with E-state index in [1.54, 1.807) is 0 Å². The molecule has 0 atom stereocenters. The van der Waals surface area contributed by atoms with E-state index in [0.717, 1.165) is 99.5 Å². The van der Waals surface area contributed by atoms with Crippen molar-refractivity contribution in [1.82, 2.24) is 0 Å². The second-order valence-corrected chi connectivity index (χ2v) is 19.3. The second kappa shape index (κ2) is 16.9. The van der Waals surface area contributed by atoms with Crippen molar-refractivity contribution in [2.45, 2.75) is 0 Å². The predicted octanol–water partition coefficient (Wildman–Crippen LogP) is 20.4. The topological polar surface area (TPSA) is 32.8 Å². The first kappa shape index (κ1) is 41.8. The highest BCUT2D eigenvalue weighted by Crippen LogP contribution is 2.47. The van der Waals surface area contributed by atoms with Crippen LogP contribution in [0.2, 0.25) is 0 Å². The van der Waals surface area contributed by atoms with Gasteiger partial charge in [-0.15, -0.1) is 0 Å². The number of rotatable bonds is 8. The van der Waals surface area contributed by atoms with E-state index in [9.17, 15) is 0 Å². The molecule has 0 saturated carbocycles. The number of nitrogens with zero attached hydrogens (tertiary/aromatic N) is 2. The molecule has 0 spiro atoms. The van der Waals surface area contributed by atoms with Crippen molar-refractivity contribution in [3.63, 3.8) is 0 Å². The molecule has 0 N–H and O–H groups in total. The molecule has 0 aliphatic rings. The van der Waals surface area contributed by atoms with Gasteiger partial charge in [-0.2, -0.15) is 0 Å². The van der Waals surface area contributed by atoms with Gasteiger partial charge in [-0.1, -0.05) is 158 Å². The SMILES string of the molecule is c1ccc(-c2cc3ccccc3cc2N(c2ccccc2)c2ccc3cc4c(cc3c2)oc2cc3oc5cc6cc(N(c7ccccc7)c7cc8ccccc8cc7-c7ccccc7)ccc6cc5c3cc24)cc1. The first-order valence-corrected chi connectivity index (χ1v) is 25.2. The van der Waals surface area contributed by atoms with Crippen molar-refractivity contribution in [3.8, 4) is 22.3 Å². The van der Waals surface area contributed by atoms with E-state index in [-0.39, 0.29) is 0 Å². The minimum absolute atomic E-state index is 0.798. The van der Waals surface area contributed by atoms with Crippen molar-refractivity contribution in [1.29, 1.82) is 0 Å². The number of fused-ring (bicyclic) bond motifs is 10. The Kier molecular flexibility index (Phi) is 9.54. The quantitative estimate of drug-likeness (QED) is 0.152. The normalized spacial score (nSPS) is 11.8. The van der Waals surface area contributed by atoms with Crippen LogP contribution in [0.25, 0.3) is 109 Å². The summed E-state index contributed by atoms with van der Waals surface area (Å²) < 4.78 is 13.5. The fourth-order valence-electron chi connectivity index (χ4n) is 11.3. The molecule has 4 nitrogen and oxygen atoms in total. The van der Waals surface area contributed by atoms with Crippen molar-refractivity contribution < 1.29 is 8.83 Å². The molecule has 0 aliphatic carbocycles. The van der Waals surface area contributed by atoms with Gasteiger partial charge in [0.15, 0.2) is 0 Å². The molecule has 0 radical (unpaired) electrons. The molecule has 0 saturated heterocycles. The summed E-state index contributed by atoms with van der Waals surface area (Å²) in [5.41, 5.74) is 14.5. The zero-order valence-corrected chi connectivity index (χ0v) is 40.1. The Bertz CT molecular complexity index is 4360. The van der Waals surface area contributed by atoms with E-state index in [1.165, 1.54) is 43.8 Å². The van der Waals surface area contributed by atoms with Crippen LogP contribution < -0.4 is 9.80 Å². The third-order valence-corrected chi connectivity index (χ3v) is 14.9. The van der Waals surface area contributed by atoms with Crippen LogP contribution in [0, 0.1) is 0 Å². The molecule has 0 fully saturated rings. The van der Waals surface area contributed by atoms with Crippen LogP contribution in [0.3, 0.4) is 0 Å². The maximum absolute atomic E-state index is 6.75. The minimum Gasteiger partial charge on any atom is -0.456 e. The highest BCUT2D eigenvalue weighted by Gasteiger charge is 2.22. The molecular weight excluding hydrogens is 901 g/mol. The third kappa shape index (κ3) is 6.99. The van der Waals surface area contributed by atoms with Crippen LogP contribution in [0.1, 0.15) is 0 Å². The number of furan rings is 2. The van der Waals surface area contributed by atoms with Crippen LogP contribution in [0.15, 0.2) is 276 Å². The molecule has 4 heteroatoms. The molecule has 346 valence electrons. The van der Waals surface area contributed by atoms with E-state index in [4.69, 9.17) is 8.83 Å². The lowest BCUT2D eigenvalue weighted by Crippen LogP contribution is -2.11. The van der Waals surface area contributed by atoms with Gasteiger partial charge in [-0.05, 0) is 157 Å². The number of para-hydroxylation sites is 2. The van der Waals surface area contributed by atoms with Gasteiger partial charge in [-0.3, -0.25) is 0 Å². The molecule has 74 heavy (non-hydrogen) atoms. The molecule has 0 aliphatic heterocycles. The molecule has 15 aromatic rings. The summed E-state index contributed by atoms with van der Waals surface area (Å²) >= 11 is 0. The Morgan fingerprint density at radius 1 is 0.216 bits per heavy atom. The van der Waals surface area contributed by atoms with E-state index in [2.05, 4.69) is 277 Å². The molecule has 0 bridgehead atoms. The van der Waals surface area contributed by atoms with Gasteiger partial charge in [0.2, 0.25) is 0 Å². The zero-order valence-electron chi connectivity index (χ0n) is 40.1. The van der Waals surface area contributed by atoms with Gasteiger partial charge in [-0.25, -0.2) is 0 Å². The van der Waals surface area contributed by atoms with Crippen LogP contribution in [-0.2, 0) is 0 Å². The standard InChI is InChI=1S/C70H44N2O2/c1-5-17-45(18-6-1)59-35-47-21-13-15-23-49(47)39-65(59)71(55-25-9-3-10-26-55)57-31-29-51-37-61-63-43-64-62-38-52-30-32-58(34-54(52)42-68(62)74-70(64)44-69(63)73-67(61)41-53(51)33-57)72(56-27-11-4-12-28-56)66-40-50-24-16-14-22-48(50)36-60(66)46-19-7-2-8-20-46/h1-44H. The summed E-state index contributed by atoms with van der Waals surface area (Å²) in [6.45, 7) is 0. The van der Waals surface area contributed by atoms with Gasteiger partial charge in [0.05, 0.1) is 11.4 Å². The third-order valence-electron chi connectivity index (χ3n) is 14.9. The Morgan fingerprint density at radius 2 is 0.554 bits per heavy atom. The highest BCUT2D eigenvalue weighted by molar-refractivity contribution is 6.19. The van der Waals surface area contributed by atoms with Crippen LogP contribution in [0.5, 0.6) is 0 Å². The molecule has 2 heterocycles. The Labute approximate surface area is 426 Å². The summed E-state index contributed by atoms with van der Waals surface area (Å²) in [5, 5.41) is 13.5. The van der Waals surface area contributed by atoms with Gasteiger partial charge < -0.3 is 18.6 Å². The lowest BCUT2D eigenvalue weighted by atomic mass is 9.97. The van der Waals surface area contributed by atoms with Gasteiger partial charge >= 0.3 is 0 Å². The Balaban J connectivity index is 0.838. The van der Waals surface area contributed by atoms with E-state index >= 15 is 0 Å². The van der Waals surface area contributed by atoms with Crippen molar-refractivity contribution in [2.75, 3.05) is 9.80 Å². The molecule has 0 unspecified atom stereocenters. The molecule has 0 amide bonds. The van der Waals surface area contributed by atoms with E-state index in [1.807, 2.05) is 0 Å². The summed E-state index contributed by atoms with van der Waals surface area (Å²) in [6.07, 6.45) is 0. The fraction of sp³-hybridized carbons (Fsp3) is 0. The van der Waals surface area contributed by atoms with Gasteiger partial charge in [0, 0.05) is 61.5 Å². The monoisotopic (exact) mass is 944 g/mol. The molecular formula is C70H44N2O2. The predicted molar refractivity (Wildman–Crippen MR) is 311 cm³/mol. The van der Waals surface area contributed by atoms with Crippen molar-refractivity contribution in [2.24, 2.45) is 0 Å². The number of anilines is 6. The molecule has 13 aromatic carbocycles. The molecule has 15 rings (SSSR count). The lowest BCUT2D eigenvalue weighted by Gasteiger charge is -2.28. The average Bonchev–Trinajstić information content (AvgIpc) is 4.01. The maximum atomic E-state index is 6.75. The minimum atomic E-state index is 0.798. The molecule has 2 aromatic heterocycles. The summed E-state index contributed by atoms with van der Waals surface area (Å²) in [6, 6.07) is 96.1. The van der Waals surface area contributed by atoms with Crippen molar-refractivity contribution in [3.05, 3.63) is 267 Å². The Hall–Kier alpha value is -9.90. The van der Waals surface area contributed by atoms with Gasteiger partial charge in [0.1, 0.15) is 22.3 Å². The number of hydrogen-bond acceptors (Lipinski definition) is 4. The number of hydrogen-bond donors (Lipinski definition) is 0. The smallest absolute Gasteiger partial charge is 0.139 e. The lowest BCUT2D eigenvalue weighted by molar-refractivity contribution is 0.656. The van der Waals surface area contributed by atoms with Crippen LogP contribution in [-0.4, -0.2) is 0 Å². The van der Waals surface area contributed by atoms with Crippen LogP contribution >= 0.6 is 0 Å². The highest BCUT2D eigenvalue weighted by atomic mass is 16.3. The number of benzene rings is 13.